The van der Waals surface area contributed by atoms with Gasteiger partial charge in [-0.05, 0) is 42.8 Å². The molecule has 5 nitrogen and oxygen atoms in total. The molecule has 1 aromatic heterocycles. The van der Waals surface area contributed by atoms with Crippen molar-refractivity contribution in [1.29, 1.82) is 5.26 Å². The topological polar surface area (TPSA) is 75.3 Å². The van der Waals surface area contributed by atoms with Crippen molar-refractivity contribution in [1.82, 2.24) is 5.32 Å². The Kier molecular flexibility index (Phi) is 4.40. The Hall–Kier alpha value is -3.33. The first-order valence-corrected chi connectivity index (χ1v) is 7.56. The molecule has 0 saturated carbocycles. The number of rotatable bonds is 4. The molecular formula is C19H15FN2O3. The van der Waals surface area contributed by atoms with Gasteiger partial charge in [0.25, 0.3) is 5.91 Å². The van der Waals surface area contributed by atoms with Crippen molar-refractivity contribution in [3.8, 4) is 11.8 Å². The average molecular weight is 338 g/mol. The molecular weight excluding hydrogens is 323 g/mol. The van der Waals surface area contributed by atoms with E-state index in [-0.39, 0.29) is 5.76 Å². The first-order valence-electron chi connectivity index (χ1n) is 7.56. The second kappa shape index (κ2) is 6.65. The van der Waals surface area contributed by atoms with Crippen LogP contribution < -0.4 is 10.1 Å². The van der Waals surface area contributed by atoms with E-state index in [0.29, 0.717) is 22.5 Å². The summed E-state index contributed by atoms with van der Waals surface area (Å²) in [5.74, 6) is -0.132. The van der Waals surface area contributed by atoms with Crippen molar-refractivity contribution in [3.63, 3.8) is 0 Å². The fourth-order valence-corrected chi connectivity index (χ4v) is 2.59. The molecule has 126 valence electrons. The van der Waals surface area contributed by atoms with Gasteiger partial charge in [0.1, 0.15) is 23.2 Å². The molecule has 2 aromatic carbocycles. The van der Waals surface area contributed by atoms with Gasteiger partial charge in [0.2, 0.25) is 0 Å². The summed E-state index contributed by atoms with van der Waals surface area (Å²) in [5, 5.41) is 12.7. The van der Waals surface area contributed by atoms with Crippen LogP contribution in [0.1, 0.15) is 27.7 Å². The third kappa shape index (κ3) is 3.17. The summed E-state index contributed by atoms with van der Waals surface area (Å²) in [6.07, 6.45) is 0. The van der Waals surface area contributed by atoms with Crippen LogP contribution in [0.5, 0.6) is 5.75 Å². The van der Waals surface area contributed by atoms with Gasteiger partial charge in [-0.2, -0.15) is 5.26 Å². The Morgan fingerprint density at radius 3 is 2.64 bits per heavy atom. The molecule has 0 aliphatic carbocycles. The van der Waals surface area contributed by atoms with Crippen LogP contribution in [-0.4, -0.2) is 13.0 Å². The maximum absolute atomic E-state index is 13.0. The summed E-state index contributed by atoms with van der Waals surface area (Å²) in [6, 6.07) is 11.7. The molecule has 0 aliphatic heterocycles. The SMILES string of the molecule is COc1ccc2oc(C(=O)N[C@H](C#N)c3ccc(F)cc3)c(C)c2c1. The minimum Gasteiger partial charge on any atom is -0.497 e. The van der Waals surface area contributed by atoms with Crippen molar-refractivity contribution < 1.29 is 18.3 Å². The largest absolute Gasteiger partial charge is 0.497 e. The Labute approximate surface area is 143 Å². The fourth-order valence-electron chi connectivity index (χ4n) is 2.59. The van der Waals surface area contributed by atoms with E-state index in [1.807, 2.05) is 6.07 Å². The molecule has 0 saturated heterocycles. The number of hydrogen-bond donors (Lipinski definition) is 1. The van der Waals surface area contributed by atoms with E-state index in [1.54, 1.807) is 32.2 Å². The van der Waals surface area contributed by atoms with Crippen LogP contribution in [0.25, 0.3) is 11.0 Å². The summed E-state index contributed by atoms with van der Waals surface area (Å²) >= 11 is 0. The van der Waals surface area contributed by atoms with Crippen LogP contribution in [0.15, 0.2) is 46.9 Å². The van der Waals surface area contributed by atoms with E-state index in [2.05, 4.69) is 5.32 Å². The second-order valence-corrected chi connectivity index (χ2v) is 5.51. The number of nitrogens with one attached hydrogen (secondary N) is 1. The molecule has 6 heteroatoms. The van der Waals surface area contributed by atoms with Crippen LogP contribution in [0.4, 0.5) is 4.39 Å². The summed E-state index contributed by atoms with van der Waals surface area (Å²) < 4.78 is 23.8. The number of hydrogen-bond acceptors (Lipinski definition) is 4. The number of carbonyl (C=O) groups excluding carboxylic acids is 1. The second-order valence-electron chi connectivity index (χ2n) is 5.51. The van der Waals surface area contributed by atoms with E-state index in [0.717, 1.165) is 5.39 Å². The number of benzene rings is 2. The maximum atomic E-state index is 13.0. The van der Waals surface area contributed by atoms with Gasteiger partial charge in [0.05, 0.1) is 13.2 Å². The summed E-state index contributed by atoms with van der Waals surface area (Å²) in [6.45, 7) is 1.76. The lowest BCUT2D eigenvalue weighted by molar-refractivity contribution is 0.0918. The minimum absolute atomic E-state index is 0.130. The zero-order valence-corrected chi connectivity index (χ0v) is 13.7. The molecule has 0 aliphatic rings. The van der Waals surface area contributed by atoms with Gasteiger partial charge < -0.3 is 14.5 Å². The number of halogens is 1. The van der Waals surface area contributed by atoms with Gasteiger partial charge in [-0.1, -0.05) is 12.1 Å². The highest BCUT2D eigenvalue weighted by Gasteiger charge is 2.21. The van der Waals surface area contributed by atoms with Crippen molar-refractivity contribution in [2.24, 2.45) is 0 Å². The Morgan fingerprint density at radius 2 is 2.00 bits per heavy atom. The van der Waals surface area contributed by atoms with Crippen LogP contribution in [0.2, 0.25) is 0 Å². The molecule has 0 unspecified atom stereocenters. The average Bonchev–Trinajstić information content (AvgIpc) is 2.96. The van der Waals surface area contributed by atoms with Gasteiger partial charge >= 0.3 is 0 Å². The number of nitrogens with zero attached hydrogens (tertiary/aromatic N) is 1. The highest BCUT2D eigenvalue weighted by Crippen LogP contribution is 2.29. The highest BCUT2D eigenvalue weighted by molar-refractivity contribution is 5.99. The number of furan rings is 1. The van der Waals surface area contributed by atoms with Crippen molar-refractivity contribution in [2.45, 2.75) is 13.0 Å². The van der Waals surface area contributed by atoms with Crippen molar-refractivity contribution >= 4 is 16.9 Å². The first-order chi connectivity index (χ1) is 12.0. The predicted octanol–water partition coefficient (Wildman–Crippen LogP) is 3.88. The number of amides is 1. The molecule has 3 aromatic rings. The monoisotopic (exact) mass is 338 g/mol. The van der Waals surface area contributed by atoms with Gasteiger partial charge in [0, 0.05) is 10.9 Å². The minimum atomic E-state index is -0.907. The third-order valence-electron chi connectivity index (χ3n) is 3.96. The lowest BCUT2D eigenvalue weighted by Crippen LogP contribution is -2.27. The van der Waals surface area contributed by atoms with Gasteiger partial charge in [-0.3, -0.25) is 4.79 Å². The van der Waals surface area contributed by atoms with Gasteiger partial charge in [0.15, 0.2) is 5.76 Å². The van der Waals surface area contributed by atoms with E-state index >= 15 is 0 Å². The van der Waals surface area contributed by atoms with E-state index < -0.39 is 17.8 Å². The lowest BCUT2D eigenvalue weighted by Gasteiger charge is -2.11. The Balaban J connectivity index is 1.90. The number of fused-ring (bicyclic) bond motifs is 1. The van der Waals surface area contributed by atoms with Gasteiger partial charge in [-0.15, -0.1) is 0 Å². The Morgan fingerprint density at radius 1 is 1.28 bits per heavy atom. The molecule has 3 rings (SSSR count). The zero-order valence-electron chi connectivity index (χ0n) is 13.7. The van der Waals surface area contributed by atoms with Gasteiger partial charge in [-0.25, -0.2) is 4.39 Å². The normalized spacial score (nSPS) is 11.8. The molecule has 0 fully saturated rings. The lowest BCUT2D eigenvalue weighted by atomic mass is 10.1. The molecule has 0 radical (unpaired) electrons. The van der Waals surface area contributed by atoms with Crippen LogP contribution >= 0.6 is 0 Å². The number of carbonyl (C=O) groups is 1. The summed E-state index contributed by atoms with van der Waals surface area (Å²) in [5.41, 5.74) is 1.70. The third-order valence-corrected chi connectivity index (χ3v) is 3.96. The number of aryl methyl sites for hydroxylation is 1. The number of nitriles is 1. The highest BCUT2D eigenvalue weighted by atomic mass is 19.1. The smallest absolute Gasteiger partial charge is 0.288 e. The first kappa shape index (κ1) is 16.5. The van der Waals surface area contributed by atoms with E-state index in [9.17, 15) is 14.4 Å². The van der Waals surface area contributed by atoms with Crippen LogP contribution in [0, 0.1) is 24.1 Å². The summed E-state index contributed by atoms with van der Waals surface area (Å²) in [4.78, 5) is 12.5. The molecule has 0 bridgehead atoms. The van der Waals surface area contributed by atoms with Crippen molar-refractivity contribution in [2.75, 3.05) is 7.11 Å². The predicted molar refractivity (Wildman–Crippen MR) is 89.7 cm³/mol. The molecule has 1 heterocycles. The van der Waals surface area contributed by atoms with Crippen LogP contribution in [-0.2, 0) is 0 Å². The number of methoxy groups -OCH3 is 1. The Bertz CT molecular complexity index is 971. The molecule has 1 amide bonds. The molecule has 1 N–H and O–H groups in total. The van der Waals surface area contributed by atoms with Crippen LogP contribution in [0.3, 0.4) is 0 Å². The molecule has 0 spiro atoms. The molecule has 25 heavy (non-hydrogen) atoms. The number of ether oxygens (including phenoxy) is 1. The van der Waals surface area contributed by atoms with Crippen molar-refractivity contribution in [3.05, 3.63) is 65.2 Å². The standard InChI is InChI=1S/C19H15FN2O3/c1-11-15-9-14(24-2)7-8-17(15)25-18(11)19(23)22-16(10-21)12-3-5-13(20)6-4-12/h3-9,16H,1-2H3,(H,22,23)/t16-/m1/s1. The quantitative estimate of drug-likeness (QED) is 0.783. The summed E-state index contributed by atoms with van der Waals surface area (Å²) in [7, 11) is 1.56. The van der Waals surface area contributed by atoms with E-state index in [1.165, 1.54) is 24.3 Å². The van der Waals surface area contributed by atoms with E-state index in [4.69, 9.17) is 9.15 Å². The molecule has 1 atom stereocenters. The fraction of sp³-hybridized carbons (Fsp3) is 0.158. The maximum Gasteiger partial charge on any atom is 0.288 e. The zero-order chi connectivity index (χ0) is 18.0.